The smallest absolute Gasteiger partial charge is 0.264 e. The van der Waals surface area contributed by atoms with Gasteiger partial charge in [-0.25, -0.2) is 0 Å². The quantitative estimate of drug-likeness (QED) is 0.324. The minimum atomic E-state index is -3.85. The first-order valence-corrected chi connectivity index (χ1v) is 12.0. The number of unbranched alkanes of at least 4 members (excludes halogenated alkanes) is 3. The van der Waals surface area contributed by atoms with E-state index in [2.05, 4.69) is 0 Å². The highest BCUT2D eigenvalue weighted by Crippen LogP contribution is 1.92. The summed E-state index contributed by atoms with van der Waals surface area (Å²) < 4.78 is 84.0. The third-order valence-electron chi connectivity index (χ3n) is 2.07. The van der Waals surface area contributed by atoms with Gasteiger partial charge in [-0.1, -0.05) is 0 Å². The van der Waals surface area contributed by atoms with Crippen molar-refractivity contribution in [2.75, 3.05) is 17.3 Å². The van der Waals surface area contributed by atoms with Gasteiger partial charge in [0.2, 0.25) is 0 Å². The molecule has 0 aliphatic rings. The second-order valence-corrected chi connectivity index (χ2v) is 9.36. The molecule has 3 N–H and O–H groups in total. The molecule has 15 heteroatoms. The first-order valence-electron chi connectivity index (χ1n) is 7.15. The van der Waals surface area contributed by atoms with Crippen molar-refractivity contribution in [3.05, 3.63) is 0 Å². The van der Waals surface area contributed by atoms with Crippen molar-refractivity contribution in [2.45, 2.75) is 38.5 Å². The Kier molecular flexibility index (Phi) is 18.2. The Morgan fingerprint density at radius 3 is 0.815 bits per heavy atom. The van der Waals surface area contributed by atoms with Gasteiger partial charge in [0, 0.05) is 19.3 Å². The van der Waals surface area contributed by atoms with Gasteiger partial charge < -0.3 is 0 Å². The van der Waals surface area contributed by atoms with Gasteiger partial charge in [-0.2, -0.15) is 41.0 Å². The van der Waals surface area contributed by atoms with Crippen LogP contribution in [0.3, 0.4) is 0 Å². The summed E-state index contributed by atoms with van der Waals surface area (Å²) in [6.07, 6.45) is 1.11. The Morgan fingerprint density at radius 1 is 0.519 bits per heavy atom. The van der Waals surface area contributed by atoms with Crippen molar-refractivity contribution in [3.63, 3.8) is 0 Å². The van der Waals surface area contributed by atoms with E-state index in [1.807, 2.05) is 0 Å². The molecule has 0 aromatic rings. The van der Waals surface area contributed by atoms with E-state index in [1.54, 1.807) is 18.2 Å². The maximum absolute atomic E-state index is 9.95. The zero-order chi connectivity index (χ0) is 22.0. The van der Waals surface area contributed by atoms with Crippen molar-refractivity contribution >= 4 is 30.4 Å². The SMILES string of the molecule is N#CCCCS(=O)(=O)O.N#CCCCS(=O)(=O)O.N#CCCCS(=O)(=O)O. The first-order chi connectivity index (χ1) is 12.2. The fraction of sp³-hybridized carbons (Fsp3) is 0.750. The van der Waals surface area contributed by atoms with Crippen LogP contribution in [0, 0.1) is 34.0 Å². The van der Waals surface area contributed by atoms with Crippen LogP contribution < -0.4 is 0 Å². The molecule has 27 heavy (non-hydrogen) atoms. The lowest BCUT2D eigenvalue weighted by Gasteiger charge is -1.89. The van der Waals surface area contributed by atoms with E-state index in [9.17, 15) is 25.3 Å². The first kappa shape index (κ1) is 29.9. The summed E-state index contributed by atoms with van der Waals surface area (Å²) in [7, 11) is -11.5. The van der Waals surface area contributed by atoms with E-state index >= 15 is 0 Å². The molecular formula is C12H21N3O9S3. The molecule has 0 aromatic carbocycles. The van der Waals surface area contributed by atoms with Crippen LogP contribution >= 0.6 is 0 Å². The van der Waals surface area contributed by atoms with E-state index in [4.69, 9.17) is 29.4 Å². The van der Waals surface area contributed by atoms with Gasteiger partial charge in [-0.05, 0) is 19.3 Å². The lowest BCUT2D eigenvalue weighted by atomic mass is 10.4. The van der Waals surface area contributed by atoms with E-state index in [-0.39, 0.29) is 55.8 Å². The van der Waals surface area contributed by atoms with Crippen LogP contribution in [0.2, 0.25) is 0 Å². The fourth-order valence-corrected chi connectivity index (χ4v) is 2.53. The summed E-state index contributed by atoms with van der Waals surface area (Å²) in [5.74, 6) is -0.957. The monoisotopic (exact) mass is 447 g/mol. The summed E-state index contributed by atoms with van der Waals surface area (Å²) >= 11 is 0. The van der Waals surface area contributed by atoms with E-state index in [1.165, 1.54) is 0 Å². The van der Waals surface area contributed by atoms with Crippen molar-refractivity contribution in [1.82, 2.24) is 0 Å². The van der Waals surface area contributed by atoms with E-state index < -0.39 is 30.4 Å². The summed E-state index contributed by atoms with van der Waals surface area (Å²) in [5.41, 5.74) is 0. The lowest BCUT2D eigenvalue weighted by Crippen LogP contribution is -2.02. The Bertz CT molecular complexity index is 715. The summed E-state index contributed by atoms with van der Waals surface area (Å²) in [6.45, 7) is 0. The molecule has 0 fully saturated rings. The zero-order valence-corrected chi connectivity index (χ0v) is 16.7. The number of rotatable bonds is 9. The molecule has 0 rings (SSSR count). The molecule has 0 heterocycles. The molecule has 12 nitrogen and oxygen atoms in total. The highest BCUT2D eigenvalue weighted by Gasteiger charge is 2.02. The minimum absolute atomic E-state index is 0.166. The molecule has 0 saturated heterocycles. The molecule has 0 unspecified atom stereocenters. The van der Waals surface area contributed by atoms with Crippen LogP contribution in [0.1, 0.15) is 38.5 Å². The third-order valence-corrected chi connectivity index (χ3v) is 4.49. The van der Waals surface area contributed by atoms with Crippen LogP contribution in [0.25, 0.3) is 0 Å². The molecule has 0 aliphatic heterocycles. The molecule has 0 aliphatic carbocycles. The standard InChI is InChI=1S/3C4H7NO3S/c3*5-3-1-2-4-9(6,7)8/h3*1-2,4H2,(H,6,7,8). The fourth-order valence-electron chi connectivity index (χ4n) is 1.00. The predicted octanol–water partition coefficient (Wildman–Crippen LogP) is 0.534. The summed E-state index contributed by atoms with van der Waals surface area (Å²) in [6, 6.07) is 5.29. The Labute approximate surface area is 159 Å². The predicted molar refractivity (Wildman–Crippen MR) is 93.8 cm³/mol. The van der Waals surface area contributed by atoms with Gasteiger partial charge in [-0.15, -0.1) is 0 Å². The number of hydrogen-bond acceptors (Lipinski definition) is 9. The van der Waals surface area contributed by atoms with Crippen molar-refractivity contribution in [3.8, 4) is 18.2 Å². The number of nitriles is 3. The van der Waals surface area contributed by atoms with Crippen LogP contribution in [-0.4, -0.2) is 56.2 Å². The van der Waals surface area contributed by atoms with Gasteiger partial charge in [0.15, 0.2) is 0 Å². The van der Waals surface area contributed by atoms with Crippen LogP contribution in [0.4, 0.5) is 0 Å². The molecule has 0 spiro atoms. The average molecular weight is 448 g/mol. The highest BCUT2D eigenvalue weighted by atomic mass is 32.2. The molecule has 0 saturated carbocycles. The number of nitrogens with zero attached hydrogens (tertiary/aromatic N) is 3. The second-order valence-electron chi connectivity index (χ2n) is 4.64. The Balaban J connectivity index is -0.000000320. The molecule has 156 valence electrons. The third kappa shape index (κ3) is 45.4. The van der Waals surface area contributed by atoms with E-state index in [0.717, 1.165) is 0 Å². The van der Waals surface area contributed by atoms with Gasteiger partial charge in [0.05, 0.1) is 35.5 Å². The molecule has 0 radical (unpaired) electrons. The maximum Gasteiger partial charge on any atom is 0.264 e. The lowest BCUT2D eigenvalue weighted by molar-refractivity contribution is 0.479. The normalized spacial score (nSPS) is 10.7. The Morgan fingerprint density at radius 2 is 0.704 bits per heavy atom. The van der Waals surface area contributed by atoms with Crippen molar-refractivity contribution < 1.29 is 38.9 Å². The van der Waals surface area contributed by atoms with Crippen molar-refractivity contribution in [1.29, 1.82) is 15.8 Å². The molecular weight excluding hydrogens is 426 g/mol. The minimum Gasteiger partial charge on any atom is -0.286 e. The second kappa shape index (κ2) is 16.4. The molecule has 0 bridgehead atoms. The van der Waals surface area contributed by atoms with Gasteiger partial charge in [0.25, 0.3) is 30.4 Å². The number of hydrogen-bond donors (Lipinski definition) is 3. The zero-order valence-electron chi connectivity index (χ0n) is 14.2. The molecule has 0 amide bonds. The van der Waals surface area contributed by atoms with E-state index in [0.29, 0.717) is 0 Å². The van der Waals surface area contributed by atoms with Crippen LogP contribution in [0.5, 0.6) is 0 Å². The largest absolute Gasteiger partial charge is 0.286 e. The average Bonchev–Trinajstić information content (AvgIpc) is 2.46. The van der Waals surface area contributed by atoms with Crippen LogP contribution in [0.15, 0.2) is 0 Å². The maximum atomic E-state index is 9.95. The molecule has 0 atom stereocenters. The van der Waals surface area contributed by atoms with Crippen molar-refractivity contribution in [2.24, 2.45) is 0 Å². The summed E-state index contributed by atoms with van der Waals surface area (Å²) in [4.78, 5) is 0. The summed E-state index contributed by atoms with van der Waals surface area (Å²) in [5, 5.41) is 23.8. The van der Waals surface area contributed by atoms with Gasteiger partial charge in [-0.3, -0.25) is 13.7 Å². The molecule has 0 aromatic heterocycles. The topological polar surface area (TPSA) is 234 Å². The van der Waals surface area contributed by atoms with Gasteiger partial charge >= 0.3 is 0 Å². The van der Waals surface area contributed by atoms with Gasteiger partial charge in [0.1, 0.15) is 0 Å². The highest BCUT2D eigenvalue weighted by molar-refractivity contribution is 7.86. The Hall–Kier alpha value is -1.80. The van der Waals surface area contributed by atoms with Crippen LogP contribution in [-0.2, 0) is 30.4 Å².